The van der Waals surface area contributed by atoms with Gasteiger partial charge < -0.3 is 10.2 Å². The van der Waals surface area contributed by atoms with Crippen LogP contribution in [0.25, 0.3) is 4.96 Å². The lowest BCUT2D eigenvalue weighted by atomic mass is 10.2. The molecule has 2 amide bonds. The molecule has 1 aliphatic rings. The van der Waals surface area contributed by atoms with Crippen molar-refractivity contribution in [3.8, 4) is 0 Å². The smallest absolute Gasteiger partial charge is 0.271 e. The second-order valence-corrected chi connectivity index (χ2v) is 7.91. The van der Waals surface area contributed by atoms with Crippen LogP contribution in [0.2, 0.25) is 5.02 Å². The summed E-state index contributed by atoms with van der Waals surface area (Å²) in [6, 6.07) is 7.06. The predicted molar refractivity (Wildman–Crippen MR) is 112 cm³/mol. The first-order valence-electron chi connectivity index (χ1n) is 9.04. The Morgan fingerprint density at radius 2 is 1.93 bits per heavy atom. The maximum Gasteiger partial charge on any atom is 0.271 e. The van der Waals surface area contributed by atoms with Gasteiger partial charge >= 0.3 is 0 Å². The Kier molecular flexibility index (Phi) is 5.61. The first-order chi connectivity index (χ1) is 14.0. The Bertz CT molecular complexity index is 1120. The summed E-state index contributed by atoms with van der Waals surface area (Å²) in [5, 5.41) is 5.03. The SMILES string of the molecule is O=C(CN1CCN(C(=O)c2cnc3sccn3c2=O)CC1)Nc1ccccc1Cl. The number of para-hydroxylation sites is 1. The molecule has 8 nitrogen and oxygen atoms in total. The lowest BCUT2D eigenvalue weighted by Crippen LogP contribution is -2.51. The molecule has 150 valence electrons. The molecule has 3 aromatic rings. The average Bonchev–Trinajstić information content (AvgIpc) is 3.20. The van der Waals surface area contributed by atoms with Gasteiger partial charge in [0.05, 0.1) is 17.3 Å². The summed E-state index contributed by atoms with van der Waals surface area (Å²) in [4.78, 5) is 45.8. The van der Waals surface area contributed by atoms with E-state index in [0.717, 1.165) is 0 Å². The highest BCUT2D eigenvalue weighted by molar-refractivity contribution is 7.15. The third kappa shape index (κ3) is 4.16. The lowest BCUT2D eigenvalue weighted by Gasteiger charge is -2.34. The largest absolute Gasteiger partial charge is 0.336 e. The van der Waals surface area contributed by atoms with Gasteiger partial charge in [0.25, 0.3) is 11.5 Å². The Labute approximate surface area is 175 Å². The standard InChI is InChI=1S/C19H18ClN5O3S/c20-14-3-1-2-4-15(14)22-16(26)12-23-5-7-24(8-6-23)17(27)13-11-21-19-25(18(13)28)9-10-29-19/h1-4,9-11H,5-8,12H2,(H,22,26). The summed E-state index contributed by atoms with van der Waals surface area (Å²) in [7, 11) is 0. The van der Waals surface area contributed by atoms with Gasteiger partial charge in [0.15, 0.2) is 4.96 Å². The van der Waals surface area contributed by atoms with Crippen LogP contribution < -0.4 is 10.9 Å². The number of piperazine rings is 1. The zero-order chi connectivity index (χ0) is 20.4. The number of fused-ring (bicyclic) bond motifs is 1. The summed E-state index contributed by atoms with van der Waals surface area (Å²) in [5.41, 5.74) is 0.276. The molecular weight excluding hydrogens is 414 g/mol. The van der Waals surface area contributed by atoms with Crippen molar-refractivity contribution in [3.63, 3.8) is 0 Å². The van der Waals surface area contributed by atoms with Gasteiger partial charge in [0.1, 0.15) is 5.56 Å². The van der Waals surface area contributed by atoms with Gasteiger partial charge in [-0.05, 0) is 12.1 Å². The van der Waals surface area contributed by atoms with Gasteiger partial charge in [-0.25, -0.2) is 4.98 Å². The highest BCUT2D eigenvalue weighted by atomic mass is 35.5. The summed E-state index contributed by atoms with van der Waals surface area (Å²) in [5.74, 6) is -0.494. The molecule has 1 aromatic carbocycles. The van der Waals surface area contributed by atoms with Crippen molar-refractivity contribution >= 4 is 45.4 Å². The van der Waals surface area contributed by atoms with E-state index in [1.807, 2.05) is 4.90 Å². The number of hydrogen-bond acceptors (Lipinski definition) is 6. The molecule has 3 heterocycles. The minimum Gasteiger partial charge on any atom is -0.336 e. The zero-order valence-electron chi connectivity index (χ0n) is 15.4. The molecule has 2 aromatic heterocycles. The number of rotatable bonds is 4. The van der Waals surface area contributed by atoms with Crippen molar-refractivity contribution in [1.82, 2.24) is 19.2 Å². The highest BCUT2D eigenvalue weighted by Gasteiger charge is 2.25. The number of nitrogens with zero attached hydrogens (tertiary/aromatic N) is 4. The van der Waals surface area contributed by atoms with E-state index in [4.69, 9.17) is 11.6 Å². The van der Waals surface area contributed by atoms with Crippen LogP contribution in [0.3, 0.4) is 0 Å². The van der Waals surface area contributed by atoms with Gasteiger partial charge in [-0.1, -0.05) is 23.7 Å². The number of carbonyl (C=O) groups excluding carboxylic acids is 2. The summed E-state index contributed by atoms with van der Waals surface area (Å²) in [6.45, 7) is 2.15. The van der Waals surface area contributed by atoms with E-state index >= 15 is 0 Å². The summed E-state index contributed by atoms with van der Waals surface area (Å²) in [6.07, 6.45) is 2.96. The van der Waals surface area contributed by atoms with Crippen LogP contribution in [0.15, 0.2) is 46.8 Å². The van der Waals surface area contributed by atoms with E-state index in [1.54, 1.807) is 40.7 Å². The molecule has 29 heavy (non-hydrogen) atoms. The number of hydrogen-bond donors (Lipinski definition) is 1. The molecule has 1 saturated heterocycles. The van der Waals surface area contributed by atoms with Gasteiger partial charge in [-0.15, -0.1) is 11.3 Å². The molecule has 0 bridgehead atoms. The fourth-order valence-corrected chi connectivity index (χ4v) is 4.06. The van der Waals surface area contributed by atoms with Crippen LogP contribution >= 0.6 is 22.9 Å². The third-order valence-corrected chi connectivity index (χ3v) is 5.85. The summed E-state index contributed by atoms with van der Waals surface area (Å²) >= 11 is 7.40. The van der Waals surface area contributed by atoms with Crippen LogP contribution in [-0.2, 0) is 4.79 Å². The van der Waals surface area contributed by atoms with Crippen LogP contribution in [0.1, 0.15) is 10.4 Å². The zero-order valence-corrected chi connectivity index (χ0v) is 16.9. The number of amides is 2. The van der Waals surface area contributed by atoms with E-state index in [-0.39, 0.29) is 29.5 Å². The molecule has 0 unspecified atom stereocenters. The van der Waals surface area contributed by atoms with Crippen molar-refractivity contribution in [3.05, 3.63) is 63.0 Å². The fraction of sp³-hybridized carbons (Fsp3) is 0.263. The van der Waals surface area contributed by atoms with Crippen molar-refractivity contribution in [2.24, 2.45) is 0 Å². The van der Waals surface area contributed by atoms with Crippen LogP contribution in [0.4, 0.5) is 5.69 Å². The number of carbonyl (C=O) groups is 2. The molecule has 0 saturated carbocycles. The van der Waals surface area contributed by atoms with Crippen molar-refractivity contribution in [1.29, 1.82) is 0 Å². The van der Waals surface area contributed by atoms with Crippen molar-refractivity contribution in [2.45, 2.75) is 0 Å². The van der Waals surface area contributed by atoms with Gasteiger partial charge in [0.2, 0.25) is 5.91 Å². The van der Waals surface area contributed by atoms with Crippen molar-refractivity contribution in [2.75, 3.05) is 38.0 Å². The van der Waals surface area contributed by atoms with E-state index in [0.29, 0.717) is 41.8 Å². The van der Waals surface area contributed by atoms with E-state index in [9.17, 15) is 14.4 Å². The molecule has 1 fully saturated rings. The monoisotopic (exact) mass is 431 g/mol. The molecule has 0 radical (unpaired) electrons. The van der Waals surface area contributed by atoms with Gasteiger partial charge in [-0.2, -0.15) is 0 Å². The van der Waals surface area contributed by atoms with Gasteiger partial charge in [-0.3, -0.25) is 23.7 Å². The average molecular weight is 432 g/mol. The molecular formula is C19H18ClN5O3S. The number of halogens is 1. The molecule has 1 N–H and O–H groups in total. The summed E-state index contributed by atoms with van der Waals surface area (Å²) < 4.78 is 1.38. The topological polar surface area (TPSA) is 87.0 Å². The molecule has 0 atom stereocenters. The van der Waals surface area contributed by atoms with E-state index in [1.165, 1.54) is 21.9 Å². The molecule has 0 spiro atoms. The second kappa shape index (κ2) is 8.32. The second-order valence-electron chi connectivity index (χ2n) is 6.63. The van der Waals surface area contributed by atoms with Crippen LogP contribution in [0.5, 0.6) is 0 Å². The molecule has 1 aliphatic heterocycles. The fourth-order valence-electron chi connectivity index (χ4n) is 3.21. The minimum atomic E-state index is -0.359. The maximum absolute atomic E-state index is 12.8. The molecule has 10 heteroatoms. The Hall–Kier alpha value is -2.75. The van der Waals surface area contributed by atoms with E-state index < -0.39 is 0 Å². The Morgan fingerprint density at radius 3 is 2.69 bits per heavy atom. The number of nitrogens with one attached hydrogen (secondary N) is 1. The first kappa shape index (κ1) is 19.6. The molecule has 0 aliphatic carbocycles. The Morgan fingerprint density at radius 1 is 1.17 bits per heavy atom. The lowest BCUT2D eigenvalue weighted by molar-refractivity contribution is -0.117. The third-order valence-electron chi connectivity index (χ3n) is 4.75. The predicted octanol–water partition coefficient (Wildman–Crippen LogP) is 1.81. The van der Waals surface area contributed by atoms with Gasteiger partial charge in [0, 0.05) is 44.0 Å². The number of anilines is 1. The number of benzene rings is 1. The van der Waals surface area contributed by atoms with Crippen molar-refractivity contribution < 1.29 is 9.59 Å². The Balaban J connectivity index is 1.34. The number of aromatic nitrogens is 2. The first-order valence-corrected chi connectivity index (χ1v) is 10.3. The van der Waals surface area contributed by atoms with Crippen LogP contribution in [0, 0.1) is 0 Å². The normalized spacial score (nSPS) is 14.9. The molecule has 4 rings (SSSR count). The minimum absolute atomic E-state index is 0.0609. The number of thiazole rings is 1. The van der Waals surface area contributed by atoms with E-state index in [2.05, 4.69) is 10.3 Å². The maximum atomic E-state index is 12.8. The highest BCUT2D eigenvalue weighted by Crippen LogP contribution is 2.20. The quantitative estimate of drug-likeness (QED) is 0.680. The van der Waals surface area contributed by atoms with Crippen LogP contribution in [-0.4, -0.2) is 63.7 Å².